The molecular formula is C13H15N3O. The van der Waals surface area contributed by atoms with Crippen molar-refractivity contribution in [3.05, 3.63) is 53.3 Å². The van der Waals surface area contributed by atoms with Crippen LogP contribution in [-0.4, -0.2) is 14.9 Å². The third-order valence-corrected chi connectivity index (χ3v) is 3.28. The lowest BCUT2D eigenvalue weighted by Gasteiger charge is -2.18. The summed E-state index contributed by atoms with van der Waals surface area (Å²) < 4.78 is 1.71. The van der Waals surface area contributed by atoms with Crippen LogP contribution in [-0.2, 0) is 13.6 Å². The lowest BCUT2D eigenvalue weighted by atomic mass is 9.98. The maximum Gasteiger partial charge on any atom is 0.101 e. The number of aliphatic hydroxyl groups is 1. The molecule has 0 saturated carbocycles. The number of fused-ring (bicyclic) bond motifs is 1. The average Bonchev–Trinajstić information content (AvgIpc) is 2.94. The molecule has 3 rings (SSSR count). The minimum absolute atomic E-state index is 0.0320. The maximum absolute atomic E-state index is 10.4. The van der Waals surface area contributed by atoms with E-state index in [2.05, 4.69) is 22.5 Å². The molecule has 17 heavy (non-hydrogen) atoms. The summed E-state index contributed by atoms with van der Waals surface area (Å²) in [6.45, 7) is 0.818. The van der Waals surface area contributed by atoms with Gasteiger partial charge in [-0.2, -0.15) is 5.10 Å². The van der Waals surface area contributed by atoms with Gasteiger partial charge < -0.3 is 10.4 Å². The van der Waals surface area contributed by atoms with Crippen molar-refractivity contribution in [2.24, 2.45) is 7.05 Å². The molecule has 2 aromatic rings. The molecule has 2 heterocycles. The molecule has 0 saturated heterocycles. The summed E-state index contributed by atoms with van der Waals surface area (Å²) in [5, 5.41) is 17.8. The van der Waals surface area contributed by atoms with Crippen molar-refractivity contribution >= 4 is 0 Å². The summed E-state index contributed by atoms with van der Waals surface area (Å²) in [5.74, 6) is 0. The lowest BCUT2D eigenvalue weighted by Crippen LogP contribution is -2.20. The Hall–Kier alpha value is -1.65. The van der Waals surface area contributed by atoms with Crippen LogP contribution in [0.25, 0.3) is 0 Å². The highest BCUT2D eigenvalue weighted by Crippen LogP contribution is 2.34. The van der Waals surface area contributed by atoms with Gasteiger partial charge in [-0.25, -0.2) is 0 Å². The van der Waals surface area contributed by atoms with Crippen LogP contribution in [0.1, 0.15) is 28.8 Å². The Morgan fingerprint density at radius 2 is 2.29 bits per heavy atom. The summed E-state index contributed by atoms with van der Waals surface area (Å²) in [5.41, 5.74) is 3.30. The quantitative estimate of drug-likeness (QED) is 0.816. The molecule has 88 valence electrons. The molecule has 1 aliphatic rings. The second-order valence-electron chi connectivity index (χ2n) is 4.45. The fraction of sp³-hybridized carbons (Fsp3) is 0.308. The van der Waals surface area contributed by atoms with Gasteiger partial charge in [0.15, 0.2) is 0 Å². The second-order valence-corrected chi connectivity index (χ2v) is 4.45. The number of nitrogens with one attached hydrogen (secondary N) is 1. The highest BCUT2D eigenvalue weighted by molar-refractivity contribution is 5.35. The molecule has 2 N–H and O–H groups in total. The van der Waals surface area contributed by atoms with Gasteiger partial charge in [0.1, 0.15) is 6.10 Å². The third-order valence-electron chi connectivity index (χ3n) is 3.28. The van der Waals surface area contributed by atoms with E-state index in [0.717, 1.165) is 12.1 Å². The van der Waals surface area contributed by atoms with Gasteiger partial charge in [0.25, 0.3) is 0 Å². The zero-order valence-corrected chi connectivity index (χ0v) is 9.67. The van der Waals surface area contributed by atoms with Crippen LogP contribution in [0, 0.1) is 0 Å². The first-order valence-electron chi connectivity index (χ1n) is 5.73. The highest BCUT2D eigenvalue weighted by Gasteiger charge is 2.29. The molecule has 0 fully saturated rings. The van der Waals surface area contributed by atoms with Gasteiger partial charge in [0.05, 0.1) is 12.2 Å². The summed E-state index contributed by atoms with van der Waals surface area (Å²) in [7, 11) is 1.85. The molecule has 2 atom stereocenters. The number of benzene rings is 1. The van der Waals surface area contributed by atoms with E-state index in [1.165, 1.54) is 11.1 Å². The van der Waals surface area contributed by atoms with E-state index in [1.54, 1.807) is 10.9 Å². The van der Waals surface area contributed by atoms with E-state index < -0.39 is 6.10 Å². The van der Waals surface area contributed by atoms with E-state index in [0.29, 0.717) is 0 Å². The molecule has 1 aromatic heterocycles. The van der Waals surface area contributed by atoms with Crippen molar-refractivity contribution in [1.82, 2.24) is 15.1 Å². The molecule has 4 heteroatoms. The zero-order chi connectivity index (χ0) is 11.8. The molecule has 2 unspecified atom stereocenters. The van der Waals surface area contributed by atoms with Crippen molar-refractivity contribution in [3.63, 3.8) is 0 Å². The van der Waals surface area contributed by atoms with Gasteiger partial charge >= 0.3 is 0 Å². The van der Waals surface area contributed by atoms with Gasteiger partial charge in [-0.3, -0.25) is 4.68 Å². The summed E-state index contributed by atoms with van der Waals surface area (Å²) >= 11 is 0. The maximum atomic E-state index is 10.4. The van der Waals surface area contributed by atoms with E-state index in [4.69, 9.17) is 0 Å². The Balaban J connectivity index is 1.92. The molecule has 0 amide bonds. The second kappa shape index (κ2) is 3.98. The Labute approximate surface area is 99.9 Å². The number of hydrogen-bond donors (Lipinski definition) is 2. The minimum atomic E-state index is -0.549. The molecular weight excluding hydrogens is 214 g/mol. The van der Waals surface area contributed by atoms with Crippen LogP contribution in [0.15, 0.2) is 36.7 Å². The molecule has 0 radical (unpaired) electrons. The Bertz CT molecular complexity index is 535. The number of rotatable bonds is 2. The van der Waals surface area contributed by atoms with Gasteiger partial charge in [0.2, 0.25) is 0 Å². The Morgan fingerprint density at radius 1 is 1.47 bits per heavy atom. The first-order chi connectivity index (χ1) is 8.25. The van der Waals surface area contributed by atoms with Crippen LogP contribution < -0.4 is 5.32 Å². The molecule has 4 nitrogen and oxygen atoms in total. The van der Waals surface area contributed by atoms with E-state index in [-0.39, 0.29) is 6.04 Å². The SMILES string of the molecule is Cn1cc(C(O)C2NCc3ccccc32)cn1. The van der Waals surface area contributed by atoms with Crippen LogP contribution in [0.5, 0.6) is 0 Å². The predicted molar refractivity (Wildman–Crippen MR) is 64.2 cm³/mol. The largest absolute Gasteiger partial charge is 0.386 e. The number of aromatic nitrogens is 2. The molecule has 0 aliphatic carbocycles. The summed E-state index contributed by atoms with van der Waals surface area (Å²) in [4.78, 5) is 0. The normalized spacial score (nSPS) is 20.2. The van der Waals surface area contributed by atoms with E-state index in [9.17, 15) is 5.11 Å². The molecule has 1 aromatic carbocycles. The van der Waals surface area contributed by atoms with Crippen molar-refractivity contribution in [1.29, 1.82) is 0 Å². The fourth-order valence-corrected chi connectivity index (χ4v) is 2.40. The smallest absolute Gasteiger partial charge is 0.101 e. The molecule has 0 bridgehead atoms. The summed E-state index contributed by atoms with van der Waals surface area (Å²) in [6.07, 6.45) is 3.02. The highest BCUT2D eigenvalue weighted by atomic mass is 16.3. The van der Waals surface area contributed by atoms with Crippen molar-refractivity contribution in [3.8, 4) is 0 Å². The fourth-order valence-electron chi connectivity index (χ4n) is 2.40. The topological polar surface area (TPSA) is 50.1 Å². The molecule has 0 spiro atoms. The minimum Gasteiger partial charge on any atom is -0.386 e. The van der Waals surface area contributed by atoms with Gasteiger partial charge in [0, 0.05) is 25.4 Å². The first-order valence-corrected chi connectivity index (χ1v) is 5.73. The van der Waals surface area contributed by atoms with Crippen molar-refractivity contribution in [2.75, 3.05) is 0 Å². The van der Waals surface area contributed by atoms with Crippen LogP contribution in [0.3, 0.4) is 0 Å². The van der Waals surface area contributed by atoms with Gasteiger partial charge in [-0.05, 0) is 11.1 Å². The van der Waals surface area contributed by atoms with Crippen molar-refractivity contribution in [2.45, 2.75) is 18.7 Å². The van der Waals surface area contributed by atoms with Gasteiger partial charge in [-0.15, -0.1) is 0 Å². The number of nitrogens with zero attached hydrogens (tertiary/aromatic N) is 2. The molecule has 1 aliphatic heterocycles. The van der Waals surface area contributed by atoms with Gasteiger partial charge in [-0.1, -0.05) is 24.3 Å². The van der Waals surface area contributed by atoms with Crippen LogP contribution >= 0.6 is 0 Å². The summed E-state index contributed by atoms with van der Waals surface area (Å²) in [6, 6.07) is 8.17. The van der Waals surface area contributed by atoms with Crippen LogP contribution in [0.2, 0.25) is 0 Å². The standard InChI is InChI=1S/C13H15N3O/c1-16-8-10(7-15-16)13(17)12-11-5-3-2-4-9(11)6-14-12/h2-5,7-8,12-14,17H,6H2,1H3. The Morgan fingerprint density at radius 3 is 3.06 bits per heavy atom. The first kappa shape index (κ1) is 10.5. The van der Waals surface area contributed by atoms with Crippen molar-refractivity contribution < 1.29 is 5.11 Å². The van der Waals surface area contributed by atoms with E-state index >= 15 is 0 Å². The monoisotopic (exact) mass is 229 g/mol. The average molecular weight is 229 g/mol. The Kier molecular flexibility index (Phi) is 2.46. The number of aliphatic hydroxyl groups excluding tert-OH is 1. The third kappa shape index (κ3) is 1.75. The predicted octanol–water partition coefficient (Wildman–Crippen LogP) is 1.30. The zero-order valence-electron chi connectivity index (χ0n) is 9.67. The number of aryl methyl sites for hydroxylation is 1. The van der Waals surface area contributed by atoms with Crippen LogP contribution in [0.4, 0.5) is 0 Å². The lowest BCUT2D eigenvalue weighted by molar-refractivity contribution is 0.133. The number of hydrogen-bond acceptors (Lipinski definition) is 3. The van der Waals surface area contributed by atoms with E-state index in [1.807, 2.05) is 25.4 Å².